The summed E-state index contributed by atoms with van der Waals surface area (Å²) in [6.07, 6.45) is 9.05. The lowest BCUT2D eigenvalue weighted by molar-refractivity contribution is 0.0741. The van der Waals surface area contributed by atoms with Gasteiger partial charge < -0.3 is 5.11 Å². The van der Waals surface area contributed by atoms with E-state index in [0.29, 0.717) is 12.0 Å². The zero-order valence-corrected chi connectivity index (χ0v) is 12.1. The van der Waals surface area contributed by atoms with E-state index in [1.807, 2.05) is 4.68 Å². The smallest absolute Gasteiger partial charge is 0.0650 e. The van der Waals surface area contributed by atoms with Crippen LogP contribution in [-0.2, 0) is 6.42 Å². The van der Waals surface area contributed by atoms with Gasteiger partial charge in [0.25, 0.3) is 0 Å². The Hall–Kier alpha value is -0.830. The van der Waals surface area contributed by atoms with E-state index in [2.05, 4.69) is 31.2 Å². The van der Waals surface area contributed by atoms with Gasteiger partial charge in [0.05, 0.1) is 11.8 Å². The van der Waals surface area contributed by atoms with E-state index in [1.54, 1.807) is 0 Å². The Morgan fingerprint density at radius 2 is 2.26 bits per heavy atom. The maximum atomic E-state index is 10.5. The molecule has 5 unspecified atom stereocenters. The molecule has 0 amide bonds. The van der Waals surface area contributed by atoms with Crippen molar-refractivity contribution in [2.45, 2.75) is 64.5 Å². The molecule has 19 heavy (non-hydrogen) atoms. The zero-order valence-electron chi connectivity index (χ0n) is 12.1. The van der Waals surface area contributed by atoms with Crippen LogP contribution in [0.5, 0.6) is 0 Å². The van der Waals surface area contributed by atoms with E-state index >= 15 is 0 Å². The van der Waals surface area contributed by atoms with Crippen LogP contribution in [0.1, 0.15) is 57.7 Å². The number of aromatic nitrogens is 2. The van der Waals surface area contributed by atoms with Gasteiger partial charge in [-0.15, -0.1) is 0 Å². The number of nitrogens with zero attached hydrogens (tertiary/aromatic N) is 2. The number of aliphatic hydroxyl groups excluding tert-OH is 1. The predicted molar refractivity (Wildman–Crippen MR) is 75.9 cm³/mol. The number of hydrogen-bond donors (Lipinski definition) is 1. The summed E-state index contributed by atoms with van der Waals surface area (Å²) in [7, 11) is 0. The van der Waals surface area contributed by atoms with Gasteiger partial charge in [-0.3, -0.25) is 4.68 Å². The minimum absolute atomic E-state index is 0.185. The summed E-state index contributed by atoms with van der Waals surface area (Å²) >= 11 is 0. The molecule has 2 fully saturated rings. The molecular formula is C16H26N2O. The van der Waals surface area contributed by atoms with Crippen LogP contribution in [0.2, 0.25) is 0 Å². The van der Waals surface area contributed by atoms with Gasteiger partial charge in [-0.25, -0.2) is 0 Å². The monoisotopic (exact) mass is 262 g/mol. The lowest BCUT2D eigenvalue weighted by atomic mass is 9.83. The van der Waals surface area contributed by atoms with Crippen LogP contribution in [0, 0.1) is 17.8 Å². The second-order valence-electron chi connectivity index (χ2n) is 6.65. The molecule has 1 N–H and O–H groups in total. The fourth-order valence-corrected chi connectivity index (χ4v) is 4.05. The Kier molecular flexibility index (Phi) is 3.66. The molecular weight excluding hydrogens is 236 g/mol. The maximum absolute atomic E-state index is 10.5. The Morgan fingerprint density at radius 3 is 2.89 bits per heavy atom. The molecule has 1 aromatic rings. The van der Waals surface area contributed by atoms with Crippen molar-refractivity contribution < 1.29 is 5.11 Å². The average Bonchev–Trinajstić information content (AvgIpc) is 3.13. The first kappa shape index (κ1) is 13.2. The van der Waals surface area contributed by atoms with Gasteiger partial charge in [0.2, 0.25) is 0 Å². The summed E-state index contributed by atoms with van der Waals surface area (Å²) in [4.78, 5) is 0. The first-order valence-electron chi connectivity index (χ1n) is 7.89. The van der Waals surface area contributed by atoms with Crippen LogP contribution in [0.25, 0.3) is 0 Å². The van der Waals surface area contributed by atoms with Crippen molar-refractivity contribution in [3.8, 4) is 0 Å². The van der Waals surface area contributed by atoms with E-state index in [4.69, 9.17) is 0 Å². The summed E-state index contributed by atoms with van der Waals surface area (Å²) in [6, 6.07) is 2.52. The number of aliphatic hydroxyl groups is 1. The predicted octanol–water partition coefficient (Wildman–Crippen LogP) is 3.19. The Morgan fingerprint density at radius 1 is 1.42 bits per heavy atom. The van der Waals surface area contributed by atoms with Crippen molar-refractivity contribution in [1.82, 2.24) is 9.78 Å². The van der Waals surface area contributed by atoms with Crippen LogP contribution in [-0.4, -0.2) is 21.0 Å². The first-order chi connectivity index (χ1) is 9.17. The molecule has 0 radical (unpaired) electrons. The molecule has 3 heteroatoms. The maximum Gasteiger partial charge on any atom is 0.0650 e. The van der Waals surface area contributed by atoms with Crippen molar-refractivity contribution >= 4 is 0 Å². The van der Waals surface area contributed by atoms with Crippen molar-refractivity contribution in [3.63, 3.8) is 0 Å². The third kappa shape index (κ3) is 2.58. The Balaban J connectivity index is 1.60. The second-order valence-corrected chi connectivity index (χ2v) is 6.65. The molecule has 0 aliphatic heterocycles. The van der Waals surface area contributed by atoms with Gasteiger partial charge in [-0.05, 0) is 56.4 Å². The highest BCUT2D eigenvalue weighted by atomic mass is 16.3. The van der Waals surface area contributed by atoms with Gasteiger partial charge >= 0.3 is 0 Å². The summed E-state index contributed by atoms with van der Waals surface area (Å²) in [5, 5.41) is 15.1. The summed E-state index contributed by atoms with van der Waals surface area (Å²) in [5.41, 5.74) is 1.05. The minimum atomic E-state index is -0.185. The molecule has 0 aromatic carbocycles. The second kappa shape index (κ2) is 5.28. The van der Waals surface area contributed by atoms with E-state index < -0.39 is 0 Å². The van der Waals surface area contributed by atoms with Crippen molar-refractivity contribution in [1.29, 1.82) is 0 Å². The molecule has 2 saturated carbocycles. The van der Waals surface area contributed by atoms with Crippen LogP contribution < -0.4 is 0 Å². The highest BCUT2D eigenvalue weighted by molar-refractivity contribution is 5.04. The number of fused-ring (bicyclic) bond motifs is 2. The summed E-state index contributed by atoms with van der Waals surface area (Å²) in [6.45, 7) is 4.36. The van der Waals surface area contributed by atoms with Crippen molar-refractivity contribution in [2.75, 3.05) is 0 Å². The summed E-state index contributed by atoms with van der Waals surface area (Å²) in [5.74, 6) is 2.23. The molecule has 0 saturated heterocycles. The third-order valence-corrected chi connectivity index (χ3v) is 5.41. The number of rotatable bonds is 5. The fourth-order valence-electron chi connectivity index (χ4n) is 4.05. The normalized spacial score (nSPS) is 32.7. The highest BCUT2D eigenvalue weighted by Gasteiger charge is 2.42. The lowest BCUT2D eigenvalue weighted by Gasteiger charge is -2.26. The summed E-state index contributed by atoms with van der Waals surface area (Å²) < 4.78 is 2.03. The Labute approximate surface area is 116 Å². The molecule has 5 atom stereocenters. The zero-order chi connectivity index (χ0) is 13.4. The molecule has 0 spiro atoms. The third-order valence-electron chi connectivity index (χ3n) is 5.41. The highest BCUT2D eigenvalue weighted by Crippen LogP contribution is 2.49. The molecule has 2 aliphatic rings. The quantitative estimate of drug-likeness (QED) is 0.885. The van der Waals surface area contributed by atoms with Crippen LogP contribution >= 0.6 is 0 Å². The topological polar surface area (TPSA) is 38.0 Å². The van der Waals surface area contributed by atoms with Gasteiger partial charge in [0.1, 0.15) is 0 Å². The van der Waals surface area contributed by atoms with Crippen LogP contribution in [0.15, 0.2) is 12.3 Å². The molecule has 1 aromatic heterocycles. The average molecular weight is 262 g/mol. The lowest BCUT2D eigenvalue weighted by Crippen LogP contribution is -2.27. The van der Waals surface area contributed by atoms with Crippen LogP contribution in [0.3, 0.4) is 0 Å². The van der Waals surface area contributed by atoms with Gasteiger partial charge in [-0.1, -0.05) is 13.3 Å². The van der Waals surface area contributed by atoms with Gasteiger partial charge in [0, 0.05) is 18.7 Å². The molecule has 3 nitrogen and oxygen atoms in total. The Bertz CT molecular complexity index is 428. The minimum Gasteiger partial charge on any atom is -0.392 e. The van der Waals surface area contributed by atoms with Crippen LogP contribution in [0.4, 0.5) is 0 Å². The molecule has 1 heterocycles. The molecule has 2 aliphatic carbocycles. The van der Waals surface area contributed by atoms with E-state index in [9.17, 15) is 5.11 Å². The van der Waals surface area contributed by atoms with Crippen molar-refractivity contribution in [2.24, 2.45) is 17.8 Å². The van der Waals surface area contributed by atoms with E-state index in [0.717, 1.165) is 30.4 Å². The van der Waals surface area contributed by atoms with Crippen molar-refractivity contribution in [3.05, 3.63) is 18.0 Å². The van der Waals surface area contributed by atoms with Gasteiger partial charge in [-0.2, -0.15) is 5.10 Å². The SMILES string of the molecule is CCC(C)n1ccc(CC(O)C2CC3CCC2C3)n1. The van der Waals surface area contributed by atoms with E-state index in [1.165, 1.54) is 25.7 Å². The van der Waals surface area contributed by atoms with E-state index in [-0.39, 0.29) is 6.10 Å². The standard InChI is InChI=1S/C16H26N2O/c1-3-11(2)18-7-6-14(17-18)10-16(19)15-9-12-4-5-13(15)8-12/h6-7,11-13,15-16,19H,3-5,8-10H2,1-2H3. The number of hydrogen-bond acceptors (Lipinski definition) is 2. The molecule has 2 bridgehead atoms. The fraction of sp³-hybridized carbons (Fsp3) is 0.812. The largest absolute Gasteiger partial charge is 0.392 e. The van der Waals surface area contributed by atoms with Gasteiger partial charge in [0.15, 0.2) is 0 Å². The first-order valence-corrected chi connectivity index (χ1v) is 7.89. The molecule has 3 rings (SSSR count). The molecule has 106 valence electrons.